The van der Waals surface area contributed by atoms with E-state index in [2.05, 4.69) is 84.9 Å². The van der Waals surface area contributed by atoms with Crippen molar-refractivity contribution in [1.29, 1.82) is 0 Å². The minimum atomic E-state index is 1.02. The van der Waals surface area contributed by atoms with Crippen LogP contribution in [0.5, 0.6) is 0 Å². The summed E-state index contributed by atoms with van der Waals surface area (Å²) in [7, 11) is 0. The van der Waals surface area contributed by atoms with Gasteiger partial charge in [-0.15, -0.1) is 0 Å². The Morgan fingerprint density at radius 1 is 0.393 bits per heavy atom. The molecule has 130 valence electrons. The van der Waals surface area contributed by atoms with Crippen LogP contribution in [0.1, 0.15) is 22.3 Å². The summed E-state index contributed by atoms with van der Waals surface area (Å²) in [6.07, 6.45) is 2.04. The predicted molar refractivity (Wildman–Crippen MR) is 118 cm³/mol. The van der Waals surface area contributed by atoms with Gasteiger partial charge in [-0.1, -0.05) is 72.8 Å². The summed E-state index contributed by atoms with van der Waals surface area (Å²) in [5, 5.41) is 5.59. The Labute approximate surface area is 164 Å². The molecule has 28 heavy (non-hydrogen) atoms. The molecule has 0 heteroatoms. The van der Waals surface area contributed by atoms with Crippen LogP contribution in [0.2, 0.25) is 0 Å². The van der Waals surface area contributed by atoms with Crippen LogP contribution in [0.3, 0.4) is 0 Å². The van der Waals surface area contributed by atoms with Gasteiger partial charge in [0.2, 0.25) is 0 Å². The molecular weight excluding hydrogens is 336 g/mol. The normalized spacial score (nSPS) is 13.4. The van der Waals surface area contributed by atoms with Gasteiger partial charge in [0.15, 0.2) is 0 Å². The second-order valence-electron chi connectivity index (χ2n) is 8.16. The first-order chi connectivity index (χ1) is 13.9. The highest BCUT2D eigenvalue weighted by Crippen LogP contribution is 2.45. The average Bonchev–Trinajstić information content (AvgIpc) is 2.74. The monoisotopic (exact) mass is 354 g/mol. The lowest BCUT2D eigenvalue weighted by atomic mass is 9.77. The van der Waals surface area contributed by atoms with E-state index in [9.17, 15) is 0 Å². The van der Waals surface area contributed by atoms with E-state index in [1.165, 1.54) is 66.1 Å². The fourth-order valence-electron chi connectivity index (χ4n) is 5.47. The third-order valence-corrected chi connectivity index (χ3v) is 6.65. The summed E-state index contributed by atoms with van der Waals surface area (Å²) in [6, 6.07) is 31.9. The van der Waals surface area contributed by atoms with Crippen LogP contribution in [-0.2, 0) is 12.8 Å². The van der Waals surface area contributed by atoms with E-state index in [-0.39, 0.29) is 0 Å². The summed E-state index contributed by atoms with van der Waals surface area (Å²) in [4.78, 5) is 0. The summed E-state index contributed by atoms with van der Waals surface area (Å²) >= 11 is 0. The lowest BCUT2D eigenvalue weighted by molar-refractivity contribution is 1.15. The molecule has 0 nitrogen and oxygen atoms in total. The first-order valence-electron chi connectivity index (χ1n) is 10.0. The quantitative estimate of drug-likeness (QED) is 0.272. The van der Waals surface area contributed by atoms with Gasteiger partial charge in [-0.3, -0.25) is 0 Å². The Hall–Kier alpha value is -3.38. The van der Waals surface area contributed by atoms with Crippen molar-refractivity contribution >= 4 is 21.5 Å². The molecule has 0 aromatic heterocycles. The van der Waals surface area contributed by atoms with Crippen molar-refractivity contribution in [3.8, 4) is 22.3 Å². The highest BCUT2D eigenvalue weighted by molar-refractivity contribution is 6.05. The third-order valence-electron chi connectivity index (χ3n) is 6.65. The van der Waals surface area contributed by atoms with Crippen LogP contribution in [0.4, 0.5) is 0 Å². The molecule has 0 unspecified atom stereocenters. The highest BCUT2D eigenvalue weighted by Gasteiger charge is 2.24. The van der Waals surface area contributed by atoms with E-state index in [1.807, 2.05) is 0 Å². The molecule has 0 heterocycles. The van der Waals surface area contributed by atoms with E-state index in [0.29, 0.717) is 0 Å². The molecule has 7 rings (SSSR count). The maximum absolute atomic E-state index is 2.48. The molecule has 0 atom stereocenters. The van der Waals surface area contributed by atoms with Gasteiger partial charge < -0.3 is 0 Å². The van der Waals surface area contributed by atoms with Crippen LogP contribution in [0, 0.1) is 0 Å². The average molecular weight is 354 g/mol. The molecule has 0 spiro atoms. The number of hydrogen-bond acceptors (Lipinski definition) is 0. The predicted octanol–water partition coefficient (Wildman–Crippen LogP) is 7.14. The van der Waals surface area contributed by atoms with Crippen molar-refractivity contribution in [2.24, 2.45) is 0 Å². The van der Waals surface area contributed by atoms with Crippen molar-refractivity contribution in [2.45, 2.75) is 12.8 Å². The zero-order chi connectivity index (χ0) is 18.2. The number of rotatable bonds is 0. The lowest BCUT2D eigenvalue weighted by Crippen LogP contribution is -2.06. The molecule has 0 fully saturated rings. The fraction of sp³-hybridized carbons (Fsp3) is 0.0714. The fourth-order valence-corrected chi connectivity index (χ4v) is 5.47. The van der Waals surface area contributed by atoms with Gasteiger partial charge >= 0.3 is 0 Å². The van der Waals surface area contributed by atoms with Crippen LogP contribution in [0.15, 0.2) is 84.9 Å². The smallest absolute Gasteiger partial charge is 0.00130 e. The van der Waals surface area contributed by atoms with Crippen LogP contribution in [0.25, 0.3) is 43.8 Å². The Balaban J connectivity index is 1.56. The Kier molecular flexibility index (Phi) is 2.67. The molecule has 0 aliphatic heterocycles. The Morgan fingerprint density at radius 3 is 1.29 bits per heavy atom. The van der Waals surface area contributed by atoms with Crippen LogP contribution in [-0.4, -0.2) is 0 Å². The van der Waals surface area contributed by atoms with Gasteiger partial charge in [0.25, 0.3) is 0 Å². The number of benzene rings is 5. The zero-order valence-electron chi connectivity index (χ0n) is 15.5. The molecule has 0 N–H and O–H groups in total. The summed E-state index contributed by atoms with van der Waals surface area (Å²) in [5.41, 5.74) is 11.5. The van der Waals surface area contributed by atoms with Crippen molar-refractivity contribution in [1.82, 2.24) is 0 Å². The largest absolute Gasteiger partial charge is 0.0613 e. The van der Waals surface area contributed by atoms with Gasteiger partial charge in [-0.05, 0) is 91.0 Å². The molecule has 0 amide bonds. The zero-order valence-corrected chi connectivity index (χ0v) is 15.5. The second kappa shape index (κ2) is 5.11. The van der Waals surface area contributed by atoms with E-state index < -0.39 is 0 Å². The topological polar surface area (TPSA) is 0 Å². The Bertz CT molecular complexity index is 1330. The van der Waals surface area contributed by atoms with Crippen LogP contribution < -0.4 is 0 Å². The van der Waals surface area contributed by atoms with E-state index in [0.717, 1.165) is 12.8 Å². The lowest BCUT2D eigenvalue weighted by Gasteiger charge is -2.26. The second-order valence-corrected chi connectivity index (χ2v) is 8.16. The summed E-state index contributed by atoms with van der Waals surface area (Å²) < 4.78 is 0. The minimum absolute atomic E-state index is 1.02. The Morgan fingerprint density at radius 2 is 0.821 bits per heavy atom. The maximum atomic E-state index is 2.48. The SMILES string of the molecule is c1cc2c3c(cccc3c1)-c1cc3c(cc1C2)-c1cccc2cccc(c12)C3. The first-order valence-corrected chi connectivity index (χ1v) is 10.0. The first kappa shape index (κ1) is 14.6. The third kappa shape index (κ3) is 1.80. The molecule has 5 aromatic rings. The number of fused-ring (bicyclic) bond motifs is 4. The number of hydrogen-bond donors (Lipinski definition) is 0. The van der Waals surface area contributed by atoms with Gasteiger partial charge in [-0.2, -0.15) is 0 Å². The highest BCUT2D eigenvalue weighted by atomic mass is 14.3. The van der Waals surface area contributed by atoms with E-state index in [4.69, 9.17) is 0 Å². The molecule has 2 aliphatic carbocycles. The molecule has 2 aliphatic rings. The van der Waals surface area contributed by atoms with Crippen molar-refractivity contribution in [3.05, 3.63) is 107 Å². The molecule has 0 saturated carbocycles. The van der Waals surface area contributed by atoms with Crippen molar-refractivity contribution in [2.75, 3.05) is 0 Å². The van der Waals surface area contributed by atoms with Crippen molar-refractivity contribution in [3.63, 3.8) is 0 Å². The summed E-state index contributed by atoms with van der Waals surface area (Å²) in [5.74, 6) is 0. The van der Waals surface area contributed by atoms with Gasteiger partial charge in [0.1, 0.15) is 0 Å². The van der Waals surface area contributed by atoms with Gasteiger partial charge in [0.05, 0.1) is 0 Å². The van der Waals surface area contributed by atoms with Gasteiger partial charge in [-0.25, -0.2) is 0 Å². The molecule has 0 radical (unpaired) electrons. The molecule has 0 bridgehead atoms. The van der Waals surface area contributed by atoms with Crippen LogP contribution >= 0.6 is 0 Å². The summed E-state index contributed by atoms with van der Waals surface area (Å²) in [6.45, 7) is 0. The maximum Gasteiger partial charge on any atom is -0.00130 e. The molecule has 0 saturated heterocycles. The van der Waals surface area contributed by atoms with Crippen molar-refractivity contribution < 1.29 is 0 Å². The standard InChI is InChI=1S/C28H18/c1-5-17-7-3-11-23-25-16-22-14-20-10-2-6-18-8-4-12-24(28(18)20)26(22)15-21(25)13-19(9-1)27(17)23/h1-12,15-16H,13-14H2. The van der Waals surface area contributed by atoms with E-state index >= 15 is 0 Å². The molecule has 5 aromatic carbocycles. The minimum Gasteiger partial charge on any atom is -0.0613 e. The molecular formula is C28H18. The van der Waals surface area contributed by atoms with E-state index in [1.54, 1.807) is 0 Å². The van der Waals surface area contributed by atoms with Gasteiger partial charge in [0, 0.05) is 0 Å².